The lowest BCUT2D eigenvalue weighted by Crippen LogP contribution is -2.36. The molecule has 0 saturated heterocycles. The van der Waals surface area contributed by atoms with E-state index in [-0.39, 0.29) is 0 Å². The molecule has 76 valence electrons. The van der Waals surface area contributed by atoms with E-state index in [9.17, 15) is 0 Å². The maximum atomic E-state index is 3.99. The Balaban J connectivity index is 1.76. The van der Waals surface area contributed by atoms with Crippen molar-refractivity contribution in [1.82, 2.24) is 15.3 Å². The minimum Gasteiger partial charge on any atom is -0.310 e. The van der Waals surface area contributed by atoms with Crippen LogP contribution in [0.1, 0.15) is 31.7 Å². The van der Waals surface area contributed by atoms with E-state index < -0.39 is 0 Å². The highest BCUT2D eigenvalue weighted by Crippen LogP contribution is 2.29. The Morgan fingerprint density at radius 2 is 2.14 bits per heavy atom. The number of rotatable bonds is 4. The van der Waals surface area contributed by atoms with Crippen LogP contribution >= 0.6 is 0 Å². The minimum atomic E-state index is 0.629. The average Bonchev–Trinajstić information content (AvgIpc) is 2.14. The zero-order chi connectivity index (χ0) is 9.80. The monoisotopic (exact) mass is 191 g/mol. The van der Waals surface area contributed by atoms with Crippen molar-refractivity contribution in [3.63, 3.8) is 0 Å². The molecule has 1 unspecified atom stereocenters. The normalized spacial score (nSPS) is 18.9. The Kier molecular flexibility index (Phi) is 3.09. The first-order valence-corrected chi connectivity index (χ1v) is 5.33. The van der Waals surface area contributed by atoms with Crippen LogP contribution in [0.2, 0.25) is 0 Å². The number of nitrogens with zero attached hydrogens (tertiary/aromatic N) is 2. The maximum Gasteiger partial charge on any atom is 0.115 e. The lowest BCUT2D eigenvalue weighted by atomic mass is 9.80. The van der Waals surface area contributed by atoms with Gasteiger partial charge < -0.3 is 5.32 Å². The fourth-order valence-corrected chi connectivity index (χ4v) is 1.81. The first-order chi connectivity index (χ1) is 6.86. The summed E-state index contributed by atoms with van der Waals surface area (Å²) in [7, 11) is 0. The van der Waals surface area contributed by atoms with E-state index in [2.05, 4.69) is 22.2 Å². The van der Waals surface area contributed by atoms with Crippen molar-refractivity contribution in [2.45, 2.75) is 38.8 Å². The first kappa shape index (κ1) is 9.59. The third-order valence-corrected chi connectivity index (χ3v) is 3.10. The Bertz CT molecular complexity index is 269. The van der Waals surface area contributed by atoms with Gasteiger partial charge in [-0.05, 0) is 25.7 Å². The standard InChI is InChI=1S/C11H17N3/c1-9(11-3-2-4-11)14-7-10-5-12-8-13-6-10/h5-6,8-9,11,14H,2-4,7H2,1H3. The summed E-state index contributed by atoms with van der Waals surface area (Å²) in [4.78, 5) is 7.98. The molecule has 1 N–H and O–H groups in total. The summed E-state index contributed by atoms with van der Waals surface area (Å²) in [6.07, 6.45) is 9.49. The molecule has 1 aromatic heterocycles. The van der Waals surface area contributed by atoms with E-state index in [1.54, 1.807) is 6.33 Å². The van der Waals surface area contributed by atoms with E-state index in [1.807, 2.05) is 12.4 Å². The van der Waals surface area contributed by atoms with Crippen molar-refractivity contribution in [2.75, 3.05) is 0 Å². The van der Waals surface area contributed by atoms with Gasteiger partial charge >= 0.3 is 0 Å². The SMILES string of the molecule is CC(NCc1cncnc1)C1CCC1. The van der Waals surface area contributed by atoms with Crippen LogP contribution in [0, 0.1) is 5.92 Å². The number of hydrogen-bond acceptors (Lipinski definition) is 3. The fourth-order valence-electron chi connectivity index (χ4n) is 1.81. The van der Waals surface area contributed by atoms with Gasteiger partial charge in [-0.2, -0.15) is 0 Å². The van der Waals surface area contributed by atoms with Crippen LogP contribution in [-0.4, -0.2) is 16.0 Å². The highest BCUT2D eigenvalue weighted by molar-refractivity contribution is 5.02. The first-order valence-electron chi connectivity index (χ1n) is 5.33. The third kappa shape index (κ3) is 2.29. The van der Waals surface area contributed by atoms with Crippen molar-refractivity contribution in [1.29, 1.82) is 0 Å². The van der Waals surface area contributed by atoms with Gasteiger partial charge in [0, 0.05) is 30.5 Å². The van der Waals surface area contributed by atoms with Crippen LogP contribution in [0.4, 0.5) is 0 Å². The van der Waals surface area contributed by atoms with Gasteiger partial charge in [0.05, 0.1) is 0 Å². The summed E-state index contributed by atoms with van der Waals surface area (Å²) in [6, 6.07) is 0.629. The third-order valence-electron chi connectivity index (χ3n) is 3.10. The van der Waals surface area contributed by atoms with Gasteiger partial charge in [-0.15, -0.1) is 0 Å². The Morgan fingerprint density at radius 3 is 2.71 bits per heavy atom. The smallest absolute Gasteiger partial charge is 0.115 e. The minimum absolute atomic E-state index is 0.629. The van der Waals surface area contributed by atoms with Gasteiger partial charge in [0.25, 0.3) is 0 Å². The second kappa shape index (κ2) is 4.51. The van der Waals surface area contributed by atoms with Crippen LogP contribution in [0.25, 0.3) is 0 Å². The molecule has 0 amide bonds. The quantitative estimate of drug-likeness (QED) is 0.788. The molecule has 1 aliphatic carbocycles. The predicted octanol–water partition coefficient (Wildman–Crippen LogP) is 1.75. The molecule has 0 bridgehead atoms. The molecule has 1 aliphatic rings. The molecule has 1 fully saturated rings. The zero-order valence-corrected chi connectivity index (χ0v) is 8.61. The molecule has 14 heavy (non-hydrogen) atoms. The molecule has 1 saturated carbocycles. The largest absolute Gasteiger partial charge is 0.310 e. The number of hydrogen-bond donors (Lipinski definition) is 1. The summed E-state index contributed by atoms with van der Waals surface area (Å²) in [5.74, 6) is 0.889. The summed E-state index contributed by atoms with van der Waals surface area (Å²) in [6.45, 7) is 3.16. The van der Waals surface area contributed by atoms with Crippen molar-refractivity contribution in [2.24, 2.45) is 5.92 Å². The molecule has 0 aromatic carbocycles. The topological polar surface area (TPSA) is 37.8 Å². The molecule has 3 heteroatoms. The van der Waals surface area contributed by atoms with E-state index >= 15 is 0 Å². The van der Waals surface area contributed by atoms with Gasteiger partial charge in [0.15, 0.2) is 0 Å². The summed E-state index contributed by atoms with van der Waals surface area (Å²) >= 11 is 0. The molecule has 3 nitrogen and oxygen atoms in total. The van der Waals surface area contributed by atoms with Crippen molar-refractivity contribution in [3.8, 4) is 0 Å². The summed E-state index contributed by atoms with van der Waals surface area (Å²) < 4.78 is 0. The highest BCUT2D eigenvalue weighted by Gasteiger charge is 2.23. The second-order valence-corrected chi connectivity index (χ2v) is 4.11. The molecule has 0 spiro atoms. The molecule has 1 atom stereocenters. The zero-order valence-electron chi connectivity index (χ0n) is 8.61. The van der Waals surface area contributed by atoms with Crippen LogP contribution in [-0.2, 0) is 6.54 Å². The highest BCUT2D eigenvalue weighted by atomic mass is 14.9. The van der Waals surface area contributed by atoms with Crippen molar-refractivity contribution < 1.29 is 0 Å². The van der Waals surface area contributed by atoms with Crippen LogP contribution < -0.4 is 5.32 Å². The van der Waals surface area contributed by atoms with Crippen LogP contribution in [0.3, 0.4) is 0 Å². The lowest BCUT2D eigenvalue weighted by molar-refractivity contribution is 0.240. The van der Waals surface area contributed by atoms with Gasteiger partial charge in [-0.1, -0.05) is 6.42 Å². The number of nitrogens with one attached hydrogen (secondary N) is 1. The molecule has 0 aliphatic heterocycles. The average molecular weight is 191 g/mol. The molecular formula is C11H17N3. The van der Waals surface area contributed by atoms with E-state index in [4.69, 9.17) is 0 Å². The Labute approximate surface area is 85.0 Å². The van der Waals surface area contributed by atoms with E-state index in [0.717, 1.165) is 12.5 Å². The molecule has 1 heterocycles. The van der Waals surface area contributed by atoms with E-state index in [0.29, 0.717) is 6.04 Å². The Hall–Kier alpha value is -0.960. The van der Waals surface area contributed by atoms with Gasteiger partial charge in [-0.3, -0.25) is 0 Å². The van der Waals surface area contributed by atoms with Gasteiger partial charge in [0.1, 0.15) is 6.33 Å². The Morgan fingerprint density at radius 1 is 1.43 bits per heavy atom. The summed E-state index contributed by atoms with van der Waals surface area (Å²) in [5.41, 5.74) is 1.17. The van der Waals surface area contributed by atoms with Gasteiger partial charge in [-0.25, -0.2) is 9.97 Å². The maximum absolute atomic E-state index is 3.99. The number of aromatic nitrogens is 2. The molecular weight excluding hydrogens is 174 g/mol. The van der Waals surface area contributed by atoms with Crippen LogP contribution in [0.15, 0.2) is 18.7 Å². The van der Waals surface area contributed by atoms with Crippen molar-refractivity contribution >= 4 is 0 Å². The summed E-state index contributed by atoms with van der Waals surface area (Å²) in [5, 5.41) is 3.52. The molecule has 2 rings (SSSR count). The van der Waals surface area contributed by atoms with Crippen LogP contribution in [0.5, 0.6) is 0 Å². The van der Waals surface area contributed by atoms with Gasteiger partial charge in [0.2, 0.25) is 0 Å². The second-order valence-electron chi connectivity index (χ2n) is 4.11. The fraction of sp³-hybridized carbons (Fsp3) is 0.636. The predicted molar refractivity (Wildman–Crippen MR) is 55.7 cm³/mol. The van der Waals surface area contributed by atoms with Crippen molar-refractivity contribution in [3.05, 3.63) is 24.3 Å². The molecule has 0 radical (unpaired) electrons. The van der Waals surface area contributed by atoms with E-state index in [1.165, 1.54) is 24.8 Å². The lowest BCUT2D eigenvalue weighted by Gasteiger charge is -2.32. The molecule has 1 aromatic rings.